The molecule has 0 saturated heterocycles. The van der Waals surface area contributed by atoms with Crippen LogP contribution in [0.25, 0.3) is 21.4 Å². The molecule has 1 aromatic carbocycles. The third-order valence-corrected chi connectivity index (χ3v) is 6.21. The van der Waals surface area contributed by atoms with Crippen LogP contribution >= 0.6 is 11.3 Å². The number of benzene rings is 1. The Labute approximate surface area is 166 Å². The first-order valence-corrected chi connectivity index (χ1v) is 10.5. The zero-order valence-corrected chi connectivity index (χ0v) is 16.6. The molecule has 6 nitrogen and oxygen atoms in total. The summed E-state index contributed by atoms with van der Waals surface area (Å²) in [7, 11) is 0. The van der Waals surface area contributed by atoms with Crippen molar-refractivity contribution in [2.24, 2.45) is 0 Å². The van der Waals surface area contributed by atoms with E-state index in [1.54, 1.807) is 11.3 Å². The number of thiazole rings is 1. The highest BCUT2D eigenvalue weighted by atomic mass is 32.1. The number of aromatic nitrogens is 4. The van der Waals surface area contributed by atoms with Gasteiger partial charge in [-0.15, -0.1) is 11.3 Å². The molecule has 3 aromatic heterocycles. The van der Waals surface area contributed by atoms with Gasteiger partial charge in [0.05, 0.1) is 22.3 Å². The topological polar surface area (TPSA) is 72.7 Å². The Bertz CT molecular complexity index is 1160. The lowest BCUT2D eigenvalue weighted by molar-refractivity contribution is 0.0952. The summed E-state index contributed by atoms with van der Waals surface area (Å²) < 4.78 is 3.33. The van der Waals surface area contributed by atoms with Crippen molar-refractivity contribution >= 4 is 38.6 Å². The Morgan fingerprint density at radius 2 is 2.07 bits per heavy atom. The molecule has 0 saturated carbocycles. The molecule has 0 spiro atoms. The minimum absolute atomic E-state index is 0.122. The predicted octanol–water partition coefficient (Wildman–Crippen LogP) is 4.01. The van der Waals surface area contributed by atoms with Crippen LogP contribution in [0.15, 0.2) is 30.3 Å². The van der Waals surface area contributed by atoms with Crippen molar-refractivity contribution in [1.29, 1.82) is 0 Å². The van der Waals surface area contributed by atoms with Gasteiger partial charge in [0.15, 0.2) is 5.65 Å². The number of carbonyl (C=O) groups is 1. The molecule has 4 heterocycles. The predicted molar refractivity (Wildman–Crippen MR) is 111 cm³/mol. The van der Waals surface area contributed by atoms with Gasteiger partial charge in [-0.05, 0) is 38.0 Å². The van der Waals surface area contributed by atoms with E-state index in [-0.39, 0.29) is 5.91 Å². The molecule has 4 aromatic rings. The Morgan fingerprint density at radius 1 is 1.18 bits per heavy atom. The van der Waals surface area contributed by atoms with E-state index in [0.29, 0.717) is 17.6 Å². The number of nitrogens with zero attached hydrogens (tertiary/aromatic N) is 4. The van der Waals surface area contributed by atoms with Gasteiger partial charge in [-0.1, -0.05) is 18.6 Å². The van der Waals surface area contributed by atoms with Gasteiger partial charge in [0.1, 0.15) is 16.3 Å². The smallest absolute Gasteiger partial charge is 0.254 e. The van der Waals surface area contributed by atoms with Crippen molar-refractivity contribution in [3.63, 3.8) is 0 Å². The minimum Gasteiger partial charge on any atom is -0.345 e. The van der Waals surface area contributed by atoms with E-state index in [1.165, 1.54) is 6.42 Å². The average Bonchev–Trinajstić information content (AvgIpc) is 3.18. The number of aryl methyl sites for hydroxylation is 3. The Balaban J connectivity index is 1.45. The van der Waals surface area contributed by atoms with Crippen LogP contribution < -0.4 is 5.32 Å². The van der Waals surface area contributed by atoms with Gasteiger partial charge in [-0.2, -0.15) is 0 Å². The van der Waals surface area contributed by atoms with Crippen molar-refractivity contribution in [2.75, 3.05) is 0 Å². The van der Waals surface area contributed by atoms with Crippen LogP contribution in [-0.2, 0) is 19.5 Å². The molecule has 0 radical (unpaired) electrons. The number of para-hydroxylation sites is 1. The zero-order chi connectivity index (χ0) is 19.1. The highest BCUT2D eigenvalue weighted by Gasteiger charge is 2.21. The molecule has 7 heteroatoms. The minimum atomic E-state index is -0.122. The molecule has 1 aliphatic heterocycles. The second-order valence-corrected chi connectivity index (χ2v) is 8.35. The van der Waals surface area contributed by atoms with Crippen LogP contribution in [0.4, 0.5) is 0 Å². The fourth-order valence-electron chi connectivity index (χ4n) is 3.84. The van der Waals surface area contributed by atoms with Crippen molar-refractivity contribution < 1.29 is 4.79 Å². The average molecular weight is 392 g/mol. The number of hydrogen-bond donors (Lipinski definition) is 1. The number of pyridine rings is 1. The number of amides is 1. The summed E-state index contributed by atoms with van der Waals surface area (Å²) in [4.78, 5) is 27.0. The lowest BCUT2D eigenvalue weighted by Crippen LogP contribution is -2.23. The molecular weight excluding hydrogens is 370 g/mol. The molecule has 0 fully saturated rings. The Hall–Kier alpha value is -2.80. The number of carbonyl (C=O) groups excluding carboxylic acids is 1. The monoisotopic (exact) mass is 391 g/mol. The van der Waals surface area contributed by atoms with Crippen LogP contribution in [0.1, 0.15) is 46.1 Å². The van der Waals surface area contributed by atoms with Crippen LogP contribution in [0.2, 0.25) is 0 Å². The molecule has 0 atom stereocenters. The molecule has 5 rings (SSSR count). The summed E-state index contributed by atoms with van der Waals surface area (Å²) in [6.45, 7) is 3.27. The number of imidazole rings is 1. The first-order valence-electron chi connectivity index (χ1n) is 9.68. The summed E-state index contributed by atoms with van der Waals surface area (Å²) in [5, 5.41) is 3.92. The molecule has 0 bridgehead atoms. The molecule has 28 heavy (non-hydrogen) atoms. The fraction of sp³-hybridized carbons (Fsp3) is 0.333. The molecule has 0 unspecified atom stereocenters. The van der Waals surface area contributed by atoms with E-state index in [4.69, 9.17) is 9.97 Å². The first kappa shape index (κ1) is 17.3. The van der Waals surface area contributed by atoms with E-state index in [0.717, 1.165) is 58.2 Å². The lowest BCUT2D eigenvalue weighted by atomic mass is 10.2. The van der Waals surface area contributed by atoms with Crippen LogP contribution in [0.3, 0.4) is 0 Å². The molecule has 0 aliphatic carbocycles. The normalized spacial score (nSPS) is 14.2. The maximum Gasteiger partial charge on any atom is 0.254 e. The van der Waals surface area contributed by atoms with Gasteiger partial charge in [-0.3, -0.25) is 4.79 Å². The maximum atomic E-state index is 13.0. The van der Waals surface area contributed by atoms with Crippen molar-refractivity contribution in [1.82, 2.24) is 24.8 Å². The van der Waals surface area contributed by atoms with Gasteiger partial charge < -0.3 is 9.88 Å². The number of nitrogens with one attached hydrogen (secondary N) is 1. The van der Waals surface area contributed by atoms with E-state index >= 15 is 0 Å². The van der Waals surface area contributed by atoms with Gasteiger partial charge >= 0.3 is 0 Å². The Morgan fingerprint density at radius 3 is 2.96 bits per heavy atom. The number of rotatable bonds is 3. The van der Waals surface area contributed by atoms with Crippen LogP contribution in [0, 0.1) is 6.92 Å². The zero-order valence-electron chi connectivity index (χ0n) is 15.7. The first-order chi connectivity index (χ1) is 13.7. The maximum absolute atomic E-state index is 13.0. The van der Waals surface area contributed by atoms with Crippen LogP contribution in [0.5, 0.6) is 0 Å². The molecule has 1 amide bonds. The van der Waals surface area contributed by atoms with E-state index in [2.05, 4.69) is 14.9 Å². The van der Waals surface area contributed by atoms with Gasteiger partial charge in [0, 0.05) is 18.7 Å². The second kappa shape index (κ2) is 6.98. The summed E-state index contributed by atoms with van der Waals surface area (Å²) in [5.74, 6) is 0.925. The third-order valence-electron chi connectivity index (χ3n) is 5.18. The van der Waals surface area contributed by atoms with Crippen molar-refractivity contribution in [3.05, 3.63) is 52.4 Å². The summed E-state index contributed by atoms with van der Waals surface area (Å²) in [6.07, 6.45) is 4.43. The summed E-state index contributed by atoms with van der Waals surface area (Å²) in [5.41, 5.74) is 3.96. The number of hydrogen-bond acceptors (Lipinski definition) is 5. The van der Waals surface area contributed by atoms with Gasteiger partial charge in [-0.25, -0.2) is 15.0 Å². The SMILES string of the molecule is Cc1cc(C(=O)NCc2nc3ccccc3s2)c2nc3n(c2n1)CCCCC3. The van der Waals surface area contributed by atoms with Crippen LogP contribution in [-0.4, -0.2) is 25.4 Å². The summed E-state index contributed by atoms with van der Waals surface area (Å²) in [6, 6.07) is 9.85. The highest BCUT2D eigenvalue weighted by molar-refractivity contribution is 7.18. The molecule has 142 valence electrons. The Kier molecular flexibility index (Phi) is 4.31. The van der Waals surface area contributed by atoms with Gasteiger partial charge in [0.2, 0.25) is 0 Å². The highest BCUT2D eigenvalue weighted by Crippen LogP contribution is 2.25. The van der Waals surface area contributed by atoms with Gasteiger partial charge in [0.25, 0.3) is 5.91 Å². The largest absolute Gasteiger partial charge is 0.345 e. The molecular formula is C21H21N5OS. The van der Waals surface area contributed by atoms with Crippen molar-refractivity contribution in [2.45, 2.75) is 45.7 Å². The standard InChI is InChI=1S/C21H21N5OS/c1-13-11-14(19-20(23-13)26-10-6-2-3-9-17(26)25-19)21(27)22-12-18-24-15-7-4-5-8-16(15)28-18/h4-5,7-8,11H,2-3,6,9-10,12H2,1H3,(H,22,27). The lowest BCUT2D eigenvalue weighted by Gasteiger charge is -2.07. The molecule has 1 aliphatic rings. The summed E-state index contributed by atoms with van der Waals surface area (Å²) >= 11 is 1.61. The number of fused-ring (bicyclic) bond motifs is 4. The fourth-order valence-corrected chi connectivity index (χ4v) is 4.74. The third kappa shape index (κ3) is 3.05. The van der Waals surface area contributed by atoms with E-state index in [9.17, 15) is 4.79 Å². The quantitative estimate of drug-likeness (QED) is 0.573. The van der Waals surface area contributed by atoms with E-state index in [1.807, 2.05) is 37.3 Å². The molecule has 1 N–H and O–H groups in total. The second-order valence-electron chi connectivity index (χ2n) is 7.23. The van der Waals surface area contributed by atoms with E-state index < -0.39 is 0 Å². The van der Waals surface area contributed by atoms with Crippen molar-refractivity contribution in [3.8, 4) is 0 Å².